The van der Waals surface area contributed by atoms with Crippen molar-refractivity contribution in [2.75, 3.05) is 33.0 Å². The first kappa shape index (κ1) is 20.5. The second kappa shape index (κ2) is 11.1. The zero-order chi connectivity index (χ0) is 17.1. The summed E-state index contributed by atoms with van der Waals surface area (Å²) in [5, 5.41) is 2.09. The van der Waals surface area contributed by atoms with Crippen LogP contribution in [-0.2, 0) is 22.1 Å². The fourth-order valence-corrected chi connectivity index (χ4v) is 6.39. The van der Waals surface area contributed by atoms with Gasteiger partial charge in [-0.1, -0.05) is 24.3 Å². The predicted octanol–water partition coefficient (Wildman–Crippen LogP) is 1.44. The maximum atomic E-state index is 5.94. The topological polar surface area (TPSA) is 46.2 Å². The lowest BCUT2D eigenvalue weighted by molar-refractivity contribution is 0.0859. The van der Waals surface area contributed by atoms with Crippen LogP contribution in [0, 0.1) is 0 Å². The maximum Gasteiger partial charge on any atom is 0.537 e. The summed E-state index contributed by atoms with van der Waals surface area (Å²) in [6.07, 6.45) is 0. The Kier molecular flexibility index (Phi) is 9.88. The molecule has 0 aromatic heterocycles. The van der Waals surface area contributed by atoms with Gasteiger partial charge in [0.25, 0.3) is 0 Å². The molecule has 0 N–H and O–H groups in total. The van der Waals surface area contributed by atoms with E-state index in [1.165, 1.54) is 0 Å². The van der Waals surface area contributed by atoms with Gasteiger partial charge in [-0.2, -0.15) is 0 Å². The summed E-state index contributed by atoms with van der Waals surface area (Å²) in [6, 6.07) is 8.16. The molecule has 0 heterocycles. The van der Waals surface area contributed by atoms with Gasteiger partial charge in [-0.15, -0.1) is 0 Å². The van der Waals surface area contributed by atoms with E-state index in [0.717, 1.165) is 10.4 Å². The van der Waals surface area contributed by atoms with Gasteiger partial charge in [0, 0.05) is 38.2 Å². The average molecular weight is 359 g/mol. The van der Waals surface area contributed by atoms with Crippen LogP contribution in [-0.4, -0.2) is 51.1 Å². The normalized spacial score (nSPS) is 12.1. The third-order valence-corrected chi connectivity index (χ3v) is 8.42. The second-order valence-corrected chi connectivity index (χ2v) is 9.27. The van der Waals surface area contributed by atoms with Crippen molar-refractivity contribution >= 4 is 28.5 Å². The molecular formula is C16H30O5Si2. The molecule has 0 unspecified atom stereocenters. The van der Waals surface area contributed by atoms with Crippen molar-refractivity contribution in [1.29, 1.82) is 0 Å². The minimum absolute atomic E-state index is 0.559. The smallest absolute Gasteiger partial charge is 0.394 e. The zero-order valence-corrected chi connectivity index (χ0v) is 17.1. The third kappa shape index (κ3) is 5.79. The molecule has 0 atom stereocenters. The van der Waals surface area contributed by atoms with E-state index in [2.05, 4.69) is 12.1 Å². The zero-order valence-electron chi connectivity index (χ0n) is 15.0. The number of rotatable bonds is 12. The molecule has 7 heteroatoms. The molecule has 23 heavy (non-hydrogen) atoms. The molecule has 1 aromatic rings. The molecule has 5 nitrogen and oxygen atoms in total. The highest BCUT2D eigenvalue weighted by molar-refractivity contribution is 6.75. The quantitative estimate of drug-likeness (QED) is 0.529. The average Bonchev–Trinajstić information content (AvgIpc) is 2.55. The maximum absolute atomic E-state index is 5.94. The van der Waals surface area contributed by atoms with Gasteiger partial charge in [0.1, 0.15) is 0 Å². The summed E-state index contributed by atoms with van der Waals surface area (Å²) in [6.45, 7) is 12.9. The lowest BCUT2D eigenvalue weighted by Gasteiger charge is -2.28. The van der Waals surface area contributed by atoms with Crippen LogP contribution < -0.4 is 10.4 Å². The number of benzene rings is 1. The van der Waals surface area contributed by atoms with Gasteiger partial charge in [0.2, 0.25) is 0 Å². The Labute approximate surface area is 143 Å². The predicted molar refractivity (Wildman–Crippen MR) is 96.7 cm³/mol. The summed E-state index contributed by atoms with van der Waals surface area (Å²) in [5.74, 6) is 0. The van der Waals surface area contributed by atoms with Crippen molar-refractivity contribution < 1.29 is 22.1 Å². The van der Waals surface area contributed by atoms with Crippen molar-refractivity contribution in [3.05, 3.63) is 24.3 Å². The molecule has 0 fully saturated rings. The van der Waals surface area contributed by atoms with Gasteiger partial charge < -0.3 is 22.1 Å². The molecule has 0 saturated carbocycles. The highest BCUT2D eigenvalue weighted by atomic mass is 28.4. The van der Waals surface area contributed by atoms with Crippen molar-refractivity contribution in [3.63, 3.8) is 0 Å². The van der Waals surface area contributed by atoms with Gasteiger partial charge in [0.15, 0.2) is 0 Å². The van der Waals surface area contributed by atoms with E-state index in [-0.39, 0.29) is 0 Å². The molecule has 0 amide bonds. The van der Waals surface area contributed by atoms with Crippen LogP contribution in [0.5, 0.6) is 0 Å². The van der Waals surface area contributed by atoms with Crippen LogP contribution in [0.15, 0.2) is 24.3 Å². The fourth-order valence-electron chi connectivity index (χ4n) is 2.33. The minimum atomic E-state index is -2.83. The SMILES string of the molecule is CCO[SiH](OCC)c1ccc([Si](OCC)(OCC)OCC)cc1. The van der Waals surface area contributed by atoms with E-state index in [0.29, 0.717) is 33.0 Å². The Bertz CT molecular complexity index is 404. The molecule has 0 saturated heterocycles. The van der Waals surface area contributed by atoms with Gasteiger partial charge in [-0.25, -0.2) is 0 Å². The summed E-state index contributed by atoms with van der Waals surface area (Å²) in [4.78, 5) is 0. The number of hydrogen-bond acceptors (Lipinski definition) is 5. The summed E-state index contributed by atoms with van der Waals surface area (Å²) < 4.78 is 29.3. The van der Waals surface area contributed by atoms with Gasteiger partial charge in [0.05, 0.1) is 0 Å². The Morgan fingerprint density at radius 3 is 1.48 bits per heavy atom. The Hall–Kier alpha value is -0.546. The molecule has 0 aliphatic heterocycles. The van der Waals surface area contributed by atoms with Crippen LogP contribution in [0.1, 0.15) is 34.6 Å². The van der Waals surface area contributed by atoms with Crippen LogP contribution in [0.2, 0.25) is 0 Å². The van der Waals surface area contributed by atoms with Crippen LogP contribution in [0.4, 0.5) is 0 Å². The molecule has 0 radical (unpaired) electrons. The van der Waals surface area contributed by atoms with E-state index in [9.17, 15) is 0 Å². The number of hydrogen-bond donors (Lipinski definition) is 0. The van der Waals surface area contributed by atoms with E-state index >= 15 is 0 Å². The summed E-state index contributed by atoms with van der Waals surface area (Å²) in [5.41, 5.74) is 0. The first-order chi connectivity index (χ1) is 11.2. The molecule has 0 aliphatic carbocycles. The van der Waals surface area contributed by atoms with Crippen molar-refractivity contribution in [2.45, 2.75) is 34.6 Å². The van der Waals surface area contributed by atoms with Gasteiger partial charge >= 0.3 is 18.1 Å². The van der Waals surface area contributed by atoms with E-state index in [4.69, 9.17) is 22.1 Å². The second-order valence-electron chi connectivity index (χ2n) is 4.72. The molecule has 1 rings (SSSR count). The molecule has 132 valence electrons. The van der Waals surface area contributed by atoms with Crippen LogP contribution in [0.3, 0.4) is 0 Å². The van der Waals surface area contributed by atoms with Gasteiger partial charge in [-0.3, -0.25) is 0 Å². The highest BCUT2D eigenvalue weighted by Crippen LogP contribution is 2.10. The lowest BCUT2D eigenvalue weighted by atomic mass is 10.4. The third-order valence-electron chi connectivity index (χ3n) is 3.18. The summed E-state index contributed by atoms with van der Waals surface area (Å²) >= 11 is 0. The Morgan fingerprint density at radius 2 is 1.13 bits per heavy atom. The standard InChI is InChI=1S/C16H30O5Si2/c1-6-17-22(18-7-2)15-11-13-16(14-12-15)23(19-8-3,20-9-4)21-10-5/h11-14,22H,6-10H2,1-5H3. The van der Waals surface area contributed by atoms with Crippen LogP contribution in [0.25, 0.3) is 0 Å². The lowest BCUT2D eigenvalue weighted by Crippen LogP contribution is -2.57. The van der Waals surface area contributed by atoms with Crippen LogP contribution >= 0.6 is 0 Å². The molecular weight excluding hydrogens is 328 g/mol. The Morgan fingerprint density at radius 1 is 0.696 bits per heavy atom. The van der Waals surface area contributed by atoms with Crippen molar-refractivity contribution in [3.8, 4) is 0 Å². The largest absolute Gasteiger partial charge is 0.537 e. The van der Waals surface area contributed by atoms with Crippen molar-refractivity contribution in [2.24, 2.45) is 0 Å². The molecule has 0 aliphatic rings. The Balaban J connectivity index is 3.05. The monoisotopic (exact) mass is 358 g/mol. The van der Waals surface area contributed by atoms with E-state index in [1.54, 1.807) is 0 Å². The minimum Gasteiger partial charge on any atom is -0.394 e. The molecule has 0 spiro atoms. The van der Waals surface area contributed by atoms with Crippen molar-refractivity contribution in [1.82, 2.24) is 0 Å². The molecule has 0 bridgehead atoms. The first-order valence-electron chi connectivity index (χ1n) is 8.42. The van der Waals surface area contributed by atoms with E-state index in [1.807, 2.05) is 46.8 Å². The van der Waals surface area contributed by atoms with Gasteiger partial charge in [-0.05, 0) is 39.8 Å². The fraction of sp³-hybridized carbons (Fsp3) is 0.625. The first-order valence-corrected chi connectivity index (χ1v) is 11.7. The summed E-state index contributed by atoms with van der Waals surface area (Å²) in [7, 11) is -4.65. The van der Waals surface area contributed by atoms with E-state index < -0.39 is 18.1 Å². The molecule has 1 aromatic carbocycles. The highest BCUT2D eigenvalue weighted by Gasteiger charge is 2.43.